The molecule has 4 rings (SSSR count). The van der Waals surface area contributed by atoms with E-state index in [-0.39, 0.29) is 11.0 Å². The van der Waals surface area contributed by atoms with Gasteiger partial charge in [-0.15, -0.1) is 0 Å². The SMILES string of the molecule is O=C(NC(=S)Nc1ccc(N2CCN(Cc3ccccc3)CC2)cc1)c1cc(Br)ccc1Cl. The van der Waals surface area contributed by atoms with Crippen molar-refractivity contribution < 1.29 is 4.79 Å². The number of hydrogen-bond donors (Lipinski definition) is 2. The fourth-order valence-electron chi connectivity index (χ4n) is 3.77. The molecule has 1 fully saturated rings. The van der Waals surface area contributed by atoms with Crippen LogP contribution in [-0.2, 0) is 6.54 Å². The zero-order valence-corrected chi connectivity index (χ0v) is 21.1. The molecule has 1 heterocycles. The summed E-state index contributed by atoms with van der Waals surface area (Å²) in [6.07, 6.45) is 0. The zero-order chi connectivity index (χ0) is 23.2. The van der Waals surface area contributed by atoms with E-state index in [1.54, 1.807) is 18.2 Å². The lowest BCUT2D eigenvalue weighted by Gasteiger charge is -2.36. The van der Waals surface area contributed by atoms with Gasteiger partial charge in [0.05, 0.1) is 10.6 Å². The Morgan fingerprint density at radius 3 is 2.36 bits per heavy atom. The Hall–Kier alpha value is -2.45. The van der Waals surface area contributed by atoms with Crippen LogP contribution in [0.5, 0.6) is 0 Å². The third-order valence-electron chi connectivity index (χ3n) is 5.51. The number of amides is 1. The number of piperazine rings is 1. The molecule has 2 N–H and O–H groups in total. The van der Waals surface area contributed by atoms with Crippen molar-refractivity contribution in [1.29, 1.82) is 0 Å². The van der Waals surface area contributed by atoms with Crippen LogP contribution in [0.15, 0.2) is 77.3 Å². The molecule has 0 atom stereocenters. The summed E-state index contributed by atoms with van der Waals surface area (Å²) < 4.78 is 0.771. The molecule has 0 bridgehead atoms. The predicted octanol–water partition coefficient (Wildman–Crippen LogP) is 5.55. The quantitative estimate of drug-likeness (QED) is 0.413. The topological polar surface area (TPSA) is 47.6 Å². The minimum absolute atomic E-state index is 0.221. The second-order valence-electron chi connectivity index (χ2n) is 7.83. The second-order valence-corrected chi connectivity index (χ2v) is 9.56. The normalized spacial score (nSPS) is 14.1. The van der Waals surface area contributed by atoms with E-state index in [2.05, 4.69) is 78.8 Å². The lowest BCUT2D eigenvalue weighted by molar-refractivity contribution is 0.0978. The Morgan fingerprint density at radius 2 is 1.67 bits per heavy atom. The summed E-state index contributed by atoms with van der Waals surface area (Å²) in [5.41, 5.74) is 3.70. The molecule has 33 heavy (non-hydrogen) atoms. The van der Waals surface area contributed by atoms with Crippen molar-refractivity contribution in [3.63, 3.8) is 0 Å². The molecule has 0 aliphatic carbocycles. The molecule has 8 heteroatoms. The number of hydrogen-bond acceptors (Lipinski definition) is 4. The summed E-state index contributed by atoms with van der Waals surface area (Å²) in [5.74, 6) is -0.358. The van der Waals surface area contributed by atoms with E-state index >= 15 is 0 Å². The molecule has 1 saturated heterocycles. The molecule has 0 spiro atoms. The molecule has 0 radical (unpaired) electrons. The van der Waals surface area contributed by atoms with Gasteiger partial charge >= 0.3 is 0 Å². The average molecular weight is 544 g/mol. The largest absolute Gasteiger partial charge is 0.369 e. The number of nitrogens with one attached hydrogen (secondary N) is 2. The van der Waals surface area contributed by atoms with Gasteiger partial charge in [0, 0.05) is 48.6 Å². The first-order valence-electron chi connectivity index (χ1n) is 10.7. The Bertz CT molecular complexity index is 1120. The van der Waals surface area contributed by atoms with Crippen LogP contribution in [0.2, 0.25) is 5.02 Å². The smallest absolute Gasteiger partial charge is 0.258 e. The highest BCUT2D eigenvalue weighted by atomic mass is 79.9. The van der Waals surface area contributed by atoms with E-state index < -0.39 is 0 Å². The van der Waals surface area contributed by atoms with Crippen molar-refractivity contribution in [1.82, 2.24) is 10.2 Å². The summed E-state index contributed by atoms with van der Waals surface area (Å²) in [7, 11) is 0. The van der Waals surface area contributed by atoms with Gasteiger partial charge in [-0.05, 0) is 60.2 Å². The Morgan fingerprint density at radius 1 is 0.970 bits per heavy atom. The van der Waals surface area contributed by atoms with Gasteiger partial charge in [-0.1, -0.05) is 57.9 Å². The molecule has 1 amide bonds. The summed E-state index contributed by atoms with van der Waals surface area (Å²) >= 11 is 14.8. The number of nitrogens with zero attached hydrogens (tertiary/aromatic N) is 2. The second kappa shape index (κ2) is 11.1. The maximum Gasteiger partial charge on any atom is 0.258 e. The first-order chi connectivity index (χ1) is 16.0. The molecule has 1 aliphatic rings. The van der Waals surface area contributed by atoms with Crippen LogP contribution in [0.25, 0.3) is 0 Å². The third kappa shape index (κ3) is 6.54. The minimum atomic E-state index is -0.358. The van der Waals surface area contributed by atoms with Gasteiger partial charge in [-0.25, -0.2) is 0 Å². The molecule has 170 valence electrons. The van der Waals surface area contributed by atoms with Crippen molar-refractivity contribution in [2.24, 2.45) is 0 Å². The molecule has 1 aliphatic heterocycles. The molecule has 5 nitrogen and oxygen atoms in total. The molecular formula is C25H24BrClN4OS. The monoisotopic (exact) mass is 542 g/mol. The average Bonchev–Trinajstić information content (AvgIpc) is 2.82. The highest BCUT2D eigenvalue weighted by Crippen LogP contribution is 2.22. The number of halogens is 2. The van der Waals surface area contributed by atoms with E-state index in [0.717, 1.165) is 42.9 Å². The standard InChI is InChI=1S/C25H24BrClN4OS/c26-19-6-11-23(27)22(16-19)24(32)29-25(33)28-20-7-9-21(10-8-20)31-14-12-30(13-15-31)17-18-4-2-1-3-5-18/h1-11,16H,12-15,17H2,(H2,28,29,32,33). The molecule has 0 aromatic heterocycles. The van der Waals surface area contributed by atoms with Gasteiger partial charge in [0.1, 0.15) is 0 Å². The van der Waals surface area contributed by atoms with E-state index in [9.17, 15) is 4.79 Å². The molecular weight excluding hydrogens is 520 g/mol. The summed E-state index contributed by atoms with van der Waals surface area (Å²) in [6.45, 7) is 5.03. The van der Waals surface area contributed by atoms with Gasteiger partial charge in [0.25, 0.3) is 5.91 Å². The highest BCUT2D eigenvalue weighted by Gasteiger charge is 2.17. The van der Waals surface area contributed by atoms with Gasteiger partial charge in [0.2, 0.25) is 0 Å². The van der Waals surface area contributed by atoms with Crippen molar-refractivity contribution in [3.8, 4) is 0 Å². The maximum absolute atomic E-state index is 12.5. The number of benzene rings is 3. The number of carbonyl (C=O) groups is 1. The van der Waals surface area contributed by atoms with Crippen molar-refractivity contribution in [2.45, 2.75) is 6.54 Å². The molecule has 3 aromatic carbocycles. The fourth-order valence-corrected chi connectivity index (χ4v) is 4.54. The zero-order valence-electron chi connectivity index (χ0n) is 17.9. The summed E-state index contributed by atoms with van der Waals surface area (Å²) in [6, 6.07) is 23.8. The van der Waals surface area contributed by atoms with Crippen molar-refractivity contribution in [2.75, 3.05) is 36.4 Å². The number of rotatable bonds is 5. The van der Waals surface area contributed by atoms with Crippen LogP contribution in [0.4, 0.5) is 11.4 Å². The lowest BCUT2D eigenvalue weighted by Crippen LogP contribution is -2.45. The number of carbonyl (C=O) groups excluding carboxylic acids is 1. The molecule has 0 unspecified atom stereocenters. The fraction of sp³-hybridized carbons (Fsp3) is 0.200. The third-order valence-corrected chi connectivity index (χ3v) is 6.54. The Balaban J connectivity index is 1.27. The van der Waals surface area contributed by atoms with Crippen LogP contribution in [0, 0.1) is 0 Å². The van der Waals surface area contributed by atoms with Crippen LogP contribution in [0.3, 0.4) is 0 Å². The molecule has 3 aromatic rings. The summed E-state index contributed by atoms with van der Waals surface area (Å²) in [4.78, 5) is 17.3. The Labute approximate surface area is 212 Å². The van der Waals surface area contributed by atoms with E-state index in [1.807, 2.05) is 12.1 Å². The van der Waals surface area contributed by atoms with E-state index in [1.165, 1.54) is 11.3 Å². The van der Waals surface area contributed by atoms with E-state index in [4.69, 9.17) is 23.8 Å². The van der Waals surface area contributed by atoms with Crippen LogP contribution in [0.1, 0.15) is 15.9 Å². The van der Waals surface area contributed by atoms with Crippen molar-refractivity contribution >= 4 is 62.1 Å². The predicted molar refractivity (Wildman–Crippen MR) is 143 cm³/mol. The maximum atomic E-state index is 12.5. The first kappa shape index (κ1) is 23.7. The van der Waals surface area contributed by atoms with Crippen LogP contribution < -0.4 is 15.5 Å². The van der Waals surface area contributed by atoms with Gasteiger partial charge in [0.15, 0.2) is 5.11 Å². The van der Waals surface area contributed by atoms with Crippen LogP contribution in [-0.4, -0.2) is 42.1 Å². The van der Waals surface area contributed by atoms with Gasteiger partial charge in [-0.3, -0.25) is 15.0 Å². The Kier molecular flexibility index (Phi) is 7.98. The minimum Gasteiger partial charge on any atom is -0.369 e. The molecule has 0 saturated carbocycles. The van der Waals surface area contributed by atoms with Crippen LogP contribution >= 0.6 is 39.7 Å². The first-order valence-corrected chi connectivity index (χ1v) is 12.2. The van der Waals surface area contributed by atoms with E-state index in [0.29, 0.717) is 10.6 Å². The summed E-state index contributed by atoms with van der Waals surface area (Å²) in [5, 5.41) is 6.32. The van der Waals surface area contributed by atoms with Gasteiger partial charge in [-0.2, -0.15) is 0 Å². The highest BCUT2D eigenvalue weighted by molar-refractivity contribution is 9.10. The van der Waals surface area contributed by atoms with Crippen molar-refractivity contribution in [3.05, 3.63) is 93.4 Å². The number of anilines is 2. The lowest BCUT2D eigenvalue weighted by atomic mass is 10.2. The number of thiocarbonyl (C=S) groups is 1. The van der Waals surface area contributed by atoms with Gasteiger partial charge < -0.3 is 10.2 Å².